The number of Topliss-reactive ketones (excluding diaryl/α,β-unsaturated/α-hetero) is 1. The van der Waals surface area contributed by atoms with Crippen LogP contribution in [0.4, 0.5) is 0 Å². The van der Waals surface area contributed by atoms with Crippen LogP contribution in [0.5, 0.6) is 17.2 Å². The van der Waals surface area contributed by atoms with Gasteiger partial charge in [0, 0.05) is 12.1 Å². The Morgan fingerprint density at radius 1 is 1.00 bits per heavy atom. The number of esters is 1. The highest BCUT2D eigenvalue weighted by Crippen LogP contribution is 2.34. The number of ketones is 1. The molecule has 0 fully saturated rings. The van der Waals surface area contributed by atoms with E-state index in [0.29, 0.717) is 5.75 Å². The van der Waals surface area contributed by atoms with Crippen LogP contribution >= 0.6 is 0 Å². The Hall–Kier alpha value is -2.24. The van der Waals surface area contributed by atoms with E-state index in [1.165, 1.54) is 33.5 Å². The van der Waals surface area contributed by atoms with Crippen LogP contribution in [-0.2, 0) is 9.53 Å². The van der Waals surface area contributed by atoms with Crippen LogP contribution in [0, 0.1) is 0 Å². The first-order valence-corrected chi connectivity index (χ1v) is 5.60. The first kappa shape index (κ1) is 14.8. The summed E-state index contributed by atoms with van der Waals surface area (Å²) in [4.78, 5) is 23.5. The minimum atomic E-state index is -0.954. The Morgan fingerprint density at radius 2 is 1.53 bits per heavy atom. The van der Waals surface area contributed by atoms with Crippen molar-refractivity contribution in [2.24, 2.45) is 0 Å². The van der Waals surface area contributed by atoms with Gasteiger partial charge in [0.2, 0.25) is 0 Å². The largest absolute Gasteiger partial charge is 0.496 e. The van der Waals surface area contributed by atoms with Gasteiger partial charge >= 0.3 is 5.97 Å². The average molecular weight is 268 g/mol. The molecule has 0 amide bonds. The van der Waals surface area contributed by atoms with Crippen LogP contribution in [-0.4, -0.2) is 39.7 Å². The molecule has 0 unspecified atom stereocenters. The lowest BCUT2D eigenvalue weighted by Crippen LogP contribution is -2.19. The Labute approximate surface area is 111 Å². The predicted molar refractivity (Wildman–Crippen MR) is 67.1 cm³/mol. The third-order valence-corrected chi connectivity index (χ3v) is 2.40. The first-order chi connectivity index (χ1) is 9.08. The van der Waals surface area contributed by atoms with Crippen molar-refractivity contribution in [3.63, 3.8) is 0 Å². The third kappa shape index (κ3) is 3.15. The summed E-state index contributed by atoms with van der Waals surface area (Å²) in [5.74, 6) is -0.944. The summed E-state index contributed by atoms with van der Waals surface area (Å²) in [6.45, 7) is 1.74. The summed E-state index contributed by atoms with van der Waals surface area (Å²) in [6, 6.07) is 2.99. The smallest absolute Gasteiger partial charge is 0.379 e. The number of carbonyl (C=O) groups is 2. The molecule has 0 radical (unpaired) electrons. The van der Waals surface area contributed by atoms with Crippen molar-refractivity contribution in [2.75, 3.05) is 27.9 Å². The maximum atomic E-state index is 12.0. The third-order valence-electron chi connectivity index (χ3n) is 2.40. The van der Waals surface area contributed by atoms with Gasteiger partial charge in [-0.3, -0.25) is 4.79 Å². The van der Waals surface area contributed by atoms with Crippen molar-refractivity contribution in [1.29, 1.82) is 0 Å². The van der Waals surface area contributed by atoms with Gasteiger partial charge in [-0.1, -0.05) is 0 Å². The summed E-state index contributed by atoms with van der Waals surface area (Å²) in [6.07, 6.45) is 0. The lowest BCUT2D eigenvalue weighted by Gasteiger charge is -2.13. The van der Waals surface area contributed by atoms with E-state index in [2.05, 4.69) is 4.74 Å². The number of rotatable bonds is 6. The molecule has 104 valence electrons. The zero-order valence-corrected chi connectivity index (χ0v) is 11.3. The second-order valence-electron chi connectivity index (χ2n) is 3.46. The van der Waals surface area contributed by atoms with Gasteiger partial charge < -0.3 is 18.9 Å². The molecule has 0 aliphatic heterocycles. The second-order valence-corrected chi connectivity index (χ2v) is 3.46. The molecule has 6 heteroatoms. The van der Waals surface area contributed by atoms with Gasteiger partial charge in [-0.2, -0.15) is 0 Å². The standard InChI is InChI=1S/C13H16O6/c1-5-19-13(15)12(14)11-9(17-3)6-8(16-2)7-10(11)18-4/h6-7H,5H2,1-4H3. The van der Waals surface area contributed by atoms with Crippen molar-refractivity contribution in [3.8, 4) is 17.2 Å². The number of ether oxygens (including phenoxy) is 4. The van der Waals surface area contributed by atoms with E-state index in [1.807, 2.05) is 0 Å². The SMILES string of the molecule is CCOC(=O)C(=O)c1c(OC)cc(OC)cc1OC. The van der Waals surface area contributed by atoms with Crippen LogP contribution in [0.3, 0.4) is 0 Å². The molecule has 0 spiro atoms. The van der Waals surface area contributed by atoms with Crippen LogP contribution in [0.1, 0.15) is 17.3 Å². The summed E-state index contributed by atoms with van der Waals surface area (Å²) >= 11 is 0. The molecule has 1 aromatic rings. The summed E-state index contributed by atoms with van der Waals surface area (Å²) in [5, 5.41) is 0. The van der Waals surface area contributed by atoms with E-state index >= 15 is 0 Å². The summed E-state index contributed by atoms with van der Waals surface area (Å²) in [7, 11) is 4.24. The number of benzene rings is 1. The molecule has 0 atom stereocenters. The first-order valence-electron chi connectivity index (χ1n) is 5.60. The molecule has 0 heterocycles. The average Bonchev–Trinajstić information content (AvgIpc) is 2.44. The van der Waals surface area contributed by atoms with Gasteiger partial charge in [-0.15, -0.1) is 0 Å². The zero-order chi connectivity index (χ0) is 14.4. The molecule has 19 heavy (non-hydrogen) atoms. The van der Waals surface area contributed by atoms with Gasteiger partial charge in [-0.05, 0) is 6.92 Å². The lowest BCUT2D eigenvalue weighted by atomic mass is 10.1. The van der Waals surface area contributed by atoms with Crippen LogP contribution in [0.15, 0.2) is 12.1 Å². The van der Waals surface area contributed by atoms with Crippen LogP contribution in [0.2, 0.25) is 0 Å². The van der Waals surface area contributed by atoms with Crippen molar-refractivity contribution < 1.29 is 28.5 Å². The van der Waals surface area contributed by atoms with E-state index in [-0.39, 0.29) is 23.7 Å². The Bertz CT molecular complexity index is 455. The second kappa shape index (κ2) is 6.63. The zero-order valence-electron chi connectivity index (χ0n) is 11.3. The summed E-state index contributed by atoms with van der Waals surface area (Å²) < 4.78 is 19.9. The van der Waals surface area contributed by atoms with Gasteiger partial charge in [-0.25, -0.2) is 4.79 Å². The molecule has 6 nitrogen and oxygen atoms in total. The molecular formula is C13H16O6. The highest BCUT2D eigenvalue weighted by molar-refractivity contribution is 6.42. The molecule has 1 rings (SSSR count). The monoisotopic (exact) mass is 268 g/mol. The topological polar surface area (TPSA) is 71.1 Å². The van der Waals surface area contributed by atoms with E-state index in [4.69, 9.17) is 14.2 Å². The lowest BCUT2D eigenvalue weighted by molar-refractivity contribution is -0.137. The van der Waals surface area contributed by atoms with Gasteiger partial charge in [0.1, 0.15) is 22.8 Å². The Balaban J connectivity index is 3.31. The fraction of sp³-hybridized carbons (Fsp3) is 0.385. The molecule has 0 bridgehead atoms. The van der Waals surface area contributed by atoms with Crippen molar-refractivity contribution in [1.82, 2.24) is 0 Å². The van der Waals surface area contributed by atoms with E-state index in [0.717, 1.165) is 0 Å². The van der Waals surface area contributed by atoms with Crippen molar-refractivity contribution in [2.45, 2.75) is 6.92 Å². The number of hydrogen-bond donors (Lipinski definition) is 0. The molecule has 1 aromatic carbocycles. The van der Waals surface area contributed by atoms with E-state index < -0.39 is 11.8 Å². The Kier molecular flexibility index (Phi) is 5.17. The molecule has 0 aliphatic carbocycles. The van der Waals surface area contributed by atoms with Crippen molar-refractivity contribution in [3.05, 3.63) is 17.7 Å². The van der Waals surface area contributed by atoms with Gasteiger partial charge in [0.25, 0.3) is 5.78 Å². The molecule has 0 saturated carbocycles. The quantitative estimate of drug-likeness (QED) is 0.442. The molecule has 0 saturated heterocycles. The van der Waals surface area contributed by atoms with Gasteiger partial charge in [0.05, 0.1) is 27.9 Å². The minimum Gasteiger partial charge on any atom is -0.496 e. The molecular weight excluding hydrogens is 252 g/mol. The van der Waals surface area contributed by atoms with Gasteiger partial charge in [0.15, 0.2) is 0 Å². The predicted octanol–water partition coefficient (Wildman–Crippen LogP) is 1.46. The van der Waals surface area contributed by atoms with Crippen LogP contribution in [0.25, 0.3) is 0 Å². The summed E-state index contributed by atoms with van der Waals surface area (Å²) in [5.41, 5.74) is 0.0178. The minimum absolute atomic E-state index is 0.0178. The van der Waals surface area contributed by atoms with E-state index in [9.17, 15) is 9.59 Å². The maximum absolute atomic E-state index is 12.0. The number of hydrogen-bond acceptors (Lipinski definition) is 6. The fourth-order valence-corrected chi connectivity index (χ4v) is 1.53. The normalized spacial score (nSPS) is 9.68. The number of methoxy groups -OCH3 is 3. The van der Waals surface area contributed by atoms with Crippen molar-refractivity contribution >= 4 is 11.8 Å². The molecule has 0 N–H and O–H groups in total. The van der Waals surface area contributed by atoms with Crippen LogP contribution < -0.4 is 14.2 Å². The highest BCUT2D eigenvalue weighted by atomic mass is 16.5. The number of carbonyl (C=O) groups excluding carboxylic acids is 2. The molecule has 0 aromatic heterocycles. The fourth-order valence-electron chi connectivity index (χ4n) is 1.53. The highest BCUT2D eigenvalue weighted by Gasteiger charge is 2.26. The van der Waals surface area contributed by atoms with E-state index in [1.54, 1.807) is 6.92 Å². The maximum Gasteiger partial charge on any atom is 0.379 e. The molecule has 0 aliphatic rings. The Morgan fingerprint density at radius 3 is 1.89 bits per heavy atom.